The predicted octanol–water partition coefficient (Wildman–Crippen LogP) is 4.76. The number of aromatic carboxylic acids is 1. The maximum atomic E-state index is 11.5. The maximum Gasteiger partial charge on any atom is 0.336 e. The van der Waals surface area contributed by atoms with Crippen molar-refractivity contribution in [3.63, 3.8) is 0 Å². The Morgan fingerprint density at radius 1 is 1.03 bits per heavy atom. The number of carboxylic acid groups (broad SMARTS) is 1. The molecule has 0 amide bonds. The fourth-order valence-corrected chi connectivity index (χ4v) is 4.25. The molecule has 1 aliphatic carbocycles. The average molecular weight is 426 g/mol. The first kappa shape index (κ1) is 23.5. The number of rotatable bonds is 12. The van der Waals surface area contributed by atoms with Crippen molar-refractivity contribution in [1.29, 1.82) is 0 Å². The van der Waals surface area contributed by atoms with Crippen molar-refractivity contribution in [2.24, 2.45) is 0 Å². The third-order valence-corrected chi connectivity index (χ3v) is 5.92. The molecule has 2 aromatic rings. The van der Waals surface area contributed by atoms with Crippen LogP contribution < -0.4 is 5.32 Å². The summed E-state index contributed by atoms with van der Waals surface area (Å²) in [4.78, 5) is 11.5. The molecule has 0 heterocycles. The van der Waals surface area contributed by atoms with Crippen LogP contribution in [0, 0.1) is 6.92 Å². The maximum absolute atomic E-state index is 11.5. The van der Waals surface area contributed by atoms with Crippen molar-refractivity contribution < 1.29 is 19.4 Å². The van der Waals surface area contributed by atoms with E-state index in [2.05, 4.69) is 35.6 Å². The van der Waals surface area contributed by atoms with Gasteiger partial charge in [0.1, 0.15) is 0 Å². The monoisotopic (exact) mass is 425 g/mol. The summed E-state index contributed by atoms with van der Waals surface area (Å²) in [6, 6.07) is 16.1. The molecule has 0 radical (unpaired) electrons. The van der Waals surface area contributed by atoms with E-state index in [1.807, 2.05) is 25.1 Å². The summed E-state index contributed by atoms with van der Waals surface area (Å²) in [5, 5.41) is 12.9. The van der Waals surface area contributed by atoms with Gasteiger partial charge in [0.25, 0.3) is 0 Å². The molecular formula is C26H35NO4. The molecule has 5 heteroatoms. The van der Waals surface area contributed by atoms with Crippen LogP contribution in [0.5, 0.6) is 0 Å². The van der Waals surface area contributed by atoms with Crippen molar-refractivity contribution in [2.45, 2.75) is 64.3 Å². The van der Waals surface area contributed by atoms with Crippen LogP contribution >= 0.6 is 0 Å². The first-order valence-electron chi connectivity index (χ1n) is 11.4. The highest BCUT2D eigenvalue weighted by molar-refractivity contribution is 5.91. The number of hydrogen-bond donors (Lipinski definition) is 2. The van der Waals surface area contributed by atoms with Crippen molar-refractivity contribution >= 4 is 5.97 Å². The average Bonchev–Trinajstić information content (AvgIpc) is 2.78. The van der Waals surface area contributed by atoms with Crippen LogP contribution in [0.25, 0.3) is 0 Å². The molecule has 2 atom stereocenters. The van der Waals surface area contributed by atoms with Crippen molar-refractivity contribution in [3.05, 3.63) is 70.8 Å². The minimum Gasteiger partial charge on any atom is -0.478 e. The first-order chi connectivity index (χ1) is 15.1. The number of carboxylic acids is 1. The fourth-order valence-electron chi connectivity index (χ4n) is 4.25. The molecule has 2 unspecified atom stereocenters. The Morgan fingerprint density at radius 2 is 1.81 bits per heavy atom. The number of aryl methyl sites for hydroxylation is 2. The molecule has 0 saturated heterocycles. The van der Waals surface area contributed by atoms with E-state index in [0.29, 0.717) is 18.8 Å². The molecule has 1 aliphatic rings. The van der Waals surface area contributed by atoms with E-state index in [-0.39, 0.29) is 12.2 Å². The lowest BCUT2D eigenvalue weighted by Gasteiger charge is -2.29. The molecule has 31 heavy (non-hydrogen) atoms. The molecule has 1 saturated carbocycles. The van der Waals surface area contributed by atoms with Gasteiger partial charge in [0, 0.05) is 6.54 Å². The second kappa shape index (κ2) is 12.6. The van der Waals surface area contributed by atoms with Gasteiger partial charge in [-0.1, -0.05) is 48.5 Å². The van der Waals surface area contributed by atoms with Crippen molar-refractivity contribution in [2.75, 3.05) is 19.7 Å². The summed E-state index contributed by atoms with van der Waals surface area (Å²) in [5.41, 5.74) is 3.27. The van der Waals surface area contributed by atoms with Gasteiger partial charge in [0.15, 0.2) is 0 Å². The summed E-state index contributed by atoms with van der Waals surface area (Å²) in [6.07, 6.45) is 6.61. The second-order valence-electron chi connectivity index (χ2n) is 8.35. The van der Waals surface area contributed by atoms with Crippen LogP contribution in [-0.2, 0) is 22.5 Å². The zero-order valence-corrected chi connectivity index (χ0v) is 18.5. The minimum absolute atomic E-state index is 0.125. The lowest BCUT2D eigenvalue weighted by atomic mass is 9.94. The lowest BCUT2D eigenvalue weighted by Crippen LogP contribution is -2.31. The van der Waals surface area contributed by atoms with E-state index in [1.165, 1.54) is 5.56 Å². The van der Waals surface area contributed by atoms with E-state index in [0.717, 1.165) is 62.7 Å². The summed E-state index contributed by atoms with van der Waals surface area (Å²) in [6.45, 7) is 4.74. The van der Waals surface area contributed by atoms with Crippen molar-refractivity contribution in [3.8, 4) is 0 Å². The van der Waals surface area contributed by atoms with E-state index in [1.54, 1.807) is 0 Å². The molecule has 2 N–H and O–H groups in total. The summed E-state index contributed by atoms with van der Waals surface area (Å²) in [5.74, 6) is -0.891. The molecule has 1 fully saturated rings. The van der Waals surface area contributed by atoms with Gasteiger partial charge in [-0.3, -0.25) is 0 Å². The predicted molar refractivity (Wildman–Crippen MR) is 123 cm³/mol. The number of ether oxygens (including phenoxy) is 2. The standard InChI is InChI=1S/C26H35NO4/c1-20-8-5-12-22(25(20)26(28)29)19-31-24-14-6-13-23(18-24)30-17-16-27-15-7-11-21-9-3-2-4-10-21/h2-5,8-10,12,23-24,27H,6-7,11,13-19H2,1H3,(H,28,29). The van der Waals surface area contributed by atoms with Gasteiger partial charge in [-0.2, -0.15) is 0 Å². The van der Waals surface area contributed by atoms with Crippen LogP contribution in [0.3, 0.4) is 0 Å². The number of nitrogens with one attached hydrogen (secondary N) is 1. The molecule has 0 aliphatic heterocycles. The highest BCUT2D eigenvalue weighted by Gasteiger charge is 2.24. The first-order valence-corrected chi connectivity index (χ1v) is 11.4. The normalized spacial score (nSPS) is 18.7. The quantitative estimate of drug-likeness (QED) is 0.480. The molecule has 2 aromatic carbocycles. The highest BCUT2D eigenvalue weighted by Crippen LogP contribution is 2.25. The third-order valence-electron chi connectivity index (χ3n) is 5.92. The Labute approximate surface area is 185 Å². The number of benzene rings is 2. The number of carbonyl (C=O) groups is 1. The Bertz CT molecular complexity index is 808. The highest BCUT2D eigenvalue weighted by atomic mass is 16.5. The van der Waals surface area contributed by atoms with E-state index < -0.39 is 5.97 Å². The zero-order chi connectivity index (χ0) is 21.9. The summed E-state index contributed by atoms with van der Waals surface area (Å²) < 4.78 is 12.2. The van der Waals surface area contributed by atoms with Crippen molar-refractivity contribution in [1.82, 2.24) is 5.32 Å². The van der Waals surface area contributed by atoms with Crippen LogP contribution in [0.15, 0.2) is 48.5 Å². The van der Waals surface area contributed by atoms with E-state index in [9.17, 15) is 9.90 Å². The van der Waals surface area contributed by atoms with Gasteiger partial charge in [-0.25, -0.2) is 4.79 Å². The molecule has 5 nitrogen and oxygen atoms in total. The molecule has 0 bridgehead atoms. The minimum atomic E-state index is -0.891. The molecule has 0 aromatic heterocycles. The third kappa shape index (κ3) is 7.76. The topological polar surface area (TPSA) is 67.8 Å². The SMILES string of the molecule is Cc1cccc(COC2CCCC(OCCNCCCc3ccccc3)C2)c1C(=O)O. The Hall–Kier alpha value is -2.21. The van der Waals surface area contributed by atoms with Crippen LogP contribution in [0.4, 0.5) is 0 Å². The van der Waals surface area contributed by atoms with Crippen LogP contribution in [-0.4, -0.2) is 43.0 Å². The van der Waals surface area contributed by atoms with Gasteiger partial charge in [-0.15, -0.1) is 0 Å². The molecular weight excluding hydrogens is 390 g/mol. The smallest absolute Gasteiger partial charge is 0.336 e. The largest absolute Gasteiger partial charge is 0.478 e. The fraction of sp³-hybridized carbons (Fsp3) is 0.500. The zero-order valence-electron chi connectivity index (χ0n) is 18.5. The van der Waals surface area contributed by atoms with Gasteiger partial charge in [-0.05, 0) is 68.7 Å². The Morgan fingerprint density at radius 3 is 2.58 bits per heavy atom. The second-order valence-corrected chi connectivity index (χ2v) is 8.35. The van der Waals surface area contributed by atoms with Crippen LogP contribution in [0.1, 0.15) is 59.2 Å². The summed E-state index contributed by atoms with van der Waals surface area (Å²) >= 11 is 0. The van der Waals surface area contributed by atoms with E-state index >= 15 is 0 Å². The van der Waals surface area contributed by atoms with E-state index in [4.69, 9.17) is 9.47 Å². The molecule has 3 rings (SSSR count). The van der Waals surface area contributed by atoms with Crippen LogP contribution in [0.2, 0.25) is 0 Å². The lowest BCUT2D eigenvalue weighted by molar-refractivity contribution is -0.0495. The van der Waals surface area contributed by atoms with Gasteiger partial charge >= 0.3 is 5.97 Å². The molecule has 168 valence electrons. The van der Waals surface area contributed by atoms with Gasteiger partial charge in [0.05, 0.1) is 31.0 Å². The summed E-state index contributed by atoms with van der Waals surface area (Å²) in [7, 11) is 0. The Kier molecular flexibility index (Phi) is 9.53. The Balaban J connectivity index is 1.31. The van der Waals surface area contributed by atoms with Gasteiger partial charge in [0.2, 0.25) is 0 Å². The number of hydrogen-bond acceptors (Lipinski definition) is 4. The molecule has 0 spiro atoms. The van der Waals surface area contributed by atoms with Gasteiger partial charge < -0.3 is 19.9 Å².